The van der Waals surface area contributed by atoms with Crippen molar-refractivity contribution in [2.24, 2.45) is 0 Å². The molecule has 4 heteroatoms. The van der Waals surface area contributed by atoms with Gasteiger partial charge in [-0.05, 0) is 19.8 Å². The van der Waals surface area contributed by atoms with E-state index in [1.165, 1.54) is 11.3 Å². The lowest BCUT2D eigenvalue weighted by Gasteiger charge is -2.13. The Morgan fingerprint density at radius 3 is 3.17 bits per heavy atom. The van der Waals surface area contributed by atoms with Crippen LogP contribution in [0.5, 0.6) is 0 Å². The van der Waals surface area contributed by atoms with E-state index >= 15 is 0 Å². The van der Waals surface area contributed by atoms with E-state index in [1.54, 1.807) is 0 Å². The summed E-state index contributed by atoms with van der Waals surface area (Å²) in [5.41, 5.74) is 0.998. The van der Waals surface area contributed by atoms with Crippen LogP contribution in [0.25, 0.3) is 0 Å². The van der Waals surface area contributed by atoms with Gasteiger partial charge in [0.05, 0.1) is 20.4 Å². The Hall–Kier alpha value is -0.220. The van der Waals surface area contributed by atoms with Crippen LogP contribution >= 0.6 is 27.3 Å². The van der Waals surface area contributed by atoms with Crippen LogP contribution in [-0.4, -0.2) is 15.6 Å². The van der Waals surface area contributed by atoms with Gasteiger partial charge in [0, 0.05) is 0 Å². The van der Waals surface area contributed by atoms with Gasteiger partial charge >= 0.3 is 0 Å². The number of fused-ring (bicyclic) bond motifs is 1. The third-order valence-corrected chi connectivity index (χ3v) is 3.85. The first-order chi connectivity index (χ1) is 5.68. The Balaban J connectivity index is 2.48. The molecule has 0 spiro atoms. The highest BCUT2D eigenvalue weighted by Crippen LogP contribution is 2.29. The molecule has 2 rings (SSSR count). The van der Waals surface area contributed by atoms with Crippen molar-refractivity contribution >= 4 is 33.0 Å². The minimum atomic E-state index is 0.0184. The summed E-state index contributed by atoms with van der Waals surface area (Å²) in [6.45, 7) is 1.94. The number of halogens is 1. The van der Waals surface area contributed by atoms with Gasteiger partial charge in [-0.3, -0.25) is 4.79 Å². The number of hydrogen-bond donors (Lipinski definition) is 0. The van der Waals surface area contributed by atoms with E-state index in [1.807, 2.05) is 6.92 Å². The van der Waals surface area contributed by atoms with Gasteiger partial charge in [0.15, 0.2) is 5.78 Å². The zero-order valence-electron chi connectivity index (χ0n) is 6.63. The number of ketones is 1. The van der Waals surface area contributed by atoms with Crippen LogP contribution in [0.2, 0.25) is 0 Å². The number of nitrogens with zero attached hydrogens (tertiary/aromatic N) is 1. The maximum Gasteiger partial charge on any atom is 0.188 e. The lowest BCUT2D eigenvalue weighted by molar-refractivity contribution is 0.0985. The summed E-state index contributed by atoms with van der Waals surface area (Å²) < 4.78 is 0. The van der Waals surface area contributed by atoms with Gasteiger partial charge in [0.2, 0.25) is 0 Å². The van der Waals surface area contributed by atoms with Crippen molar-refractivity contribution in [3.8, 4) is 0 Å². The van der Waals surface area contributed by atoms with E-state index in [9.17, 15) is 4.79 Å². The summed E-state index contributed by atoms with van der Waals surface area (Å²) in [5, 5.41) is 0.995. The molecule has 0 saturated heterocycles. The summed E-state index contributed by atoms with van der Waals surface area (Å²) in [6.07, 6.45) is 1.82. The average molecular weight is 246 g/mol. The molecule has 1 heterocycles. The molecule has 0 aliphatic heterocycles. The molecule has 0 bridgehead atoms. The Morgan fingerprint density at radius 1 is 1.67 bits per heavy atom. The fourth-order valence-electron chi connectivity index (χ4n) is 1.37. The molecule has 0 aromatic carbocycles. The quantitative estimate of drug-likeness (QED) is 0.657. The largest absolute Gasteiger partial charge is 0.292 e. The SMILES string of the molecule is Cc1nc2c(s1)C(=O)C(Br)CC2. The van der Waals surface area contributed by atoms with Gasteiger partial charge in [0.1, 0.15) is 0 Å². The van der Waals surface area contributed by atoms with E-state index in [2.05, 4.69) is 20.9 Å². The van der Waals surface area contributed by atoms with Crippen molar-refractivity contribution in [1.82, 2.24) is 4.98 Å². The molecule has 1 aliphatic carbocycles. The molecule has 1 aromatic heterocycles. The van der Waals surface area contributed by atoms with Crippen molar-refractivity contribution in [3.05, 3.63) is 15.6 Å². The van der Waals surface area contributed by atoms with Crippen LogP contribution in [0.1, 0.15) is 26.8 Å². The van der Waals surface area contributed by atoms with E-state index in [0.29, 0.717) is 0 Å². The first-order valence-electron chi connectivity index (χ1n) is 3.83. The monoisotopic (exact) mass is 245 g/mol. The number of Topliss-reactive ketones (excluding diaryl/α,β-unsaturated/α-hetero) is 1. The van der Waals surface area contributed by atoms with Crippen LogP contribution in [0.4, 0.5) is 0 Å². The van der Waals surface area contributed by atoms with E-state index < -0.39 is 0 Å². The molecule has 1 unspecified atom stereocenters. The maximum atomic E-state index is 11.6. The zero-order chi connectivity index (χ0) is 8.72. The molecular formula is C8H8BrNOS. The molecule has 12 heavy (non-hydrogen) atoms. The lowest BCUT2D eigenvalue weighted by atomic mass is 10.0. The van der Waals surface area contributed by atoms with Gasteiger partial charge < -0.3 is 0 Å². The summed E-state index contributed by atoms with van der Waals surface area (Å²) in [5.74, 6) is 0.210. The van der Waals surface area contributed by atoms with Gasteiger partial charge in [-0.15, -0.1) is 11.3 Å². The second kappa shape index (κ2) is 2.92. The second-order valence-electron chi connectivity index (χ2n) is 2.88. The summed E-state index contributed by atoms with van der Waals surface area (Å²) >= 11 is 4.87. The van der Waals surface area contributed by atoms with Crippen molar-refractivity contribution in [2.75, 3.05) is 0 Å². The topological polar surface area (TPSA) is 30.0 Å². The smallest absolute Gasteiger partial charge is 0.188 e. The predicted octanol–water partition coefficient (Wildman–Crippen LogP) is 2.34. The van der Waals surface area contributed by atoms with Crippen LogP contribution in [0.3, 0.4) is 0 Å². The Kier molecular flexibility index (Phi) is 2.04. The summed E-state index contributed by atoms with van der Waals surface area (Å²) in [4.78, 5) is 16.7. The number of hydrogen-bond acceptors (Lipinski definition) is 3. The number of aryl methyl sites for hydroxylation is 2. The minimum absolute atomic E-state index is 0.0184. The van der Waals surface area contributed by atoms with E-state index in [4.69, 9.17) is 0 Å². The molecular weight excluding hydrogens is 238 g/mol. The van der Waals surface area contributed by atoms with Crippen molar-refractivity contribution < 1.29 is 4.79 Å². The number of rotatable bonds is 0. The van der Waals surface area contributed by atoms with Crippen LogP contribution in [0.15, 0.2) is 0 Å². The molecule has 1 aromatic rings. The molecule has 0 radical (unpaired) electrons. The average Bonchev–Trinajstić information content (AvgIpc) is 2.39. The minimum Gasteiger partial charge on any atom is -0.292 e. The number of thiazole rings is 1. The van der Waals surface area contributed by atoms with E-state index in [0.717, 1.165) is 28.4 Å². The Bertz CT molecular complexity index is 334. The Labute approximate surface area is 83.1 Å². The summed E-state index contributed by atoms with van der Waals surface area (Å²) in [7, 11) is 0. The first kappa shape index (κ1) is 8.38. The molecule has 0 amide bonds. The van der Waals surface area contributed by atoms with Crippen molar-refractivity contribution in [2.45, 2.75) is 24.6 Å². The highest BCUT2D eigenvalue weighted by molar-refractivity contribution is 9.10. The van der Waals surface area contributed by atoms with E-state index in [-0.39, 0.29) is 10.6 Å². The predicted molar refractivity (Wildman–Crippen MR) is 52.2 cm³/mol. The van der Waals surface area contributed by atoms with Crippen molar-refractivity contribution in [1.29, 1.82) is 0 Å². The molecule has 2 nitrogen and oxygen atoms in total. The third kappa shape index (κ3) is 1.23. The van der Waals surface area contributed by atoms with Gasteiger partial charge in [0.25, 0.3) is 0 Å². The van der Waals surface area contributed by atoms with Gasteiger partial charge in [-0.25, -0.2) is 4.98 Å². The first-order valence-corrected chi connectivity index (χ1v) is 5.56. The summed E-state index contributed by atoms with van der Waals surface area (Å²) in [6, 6.07) is 0. The molecule has 0 fully saturated rings. The zero-order valence-corrected chi connectivity index (χ0v) is 9.04. The van der Waals surface area contributed by atoms with Crippen LogP contribution in [-0.2, 0) is 6.42 Å². The van der Waals surface area contributed by atoms with Gasteiger partial charge in [-0.1, -0.05) is 15.9 Å². The molecule has 1 atom stereocenters. The second-order valence-corrected chi connectivity index (χ2v) is 5.19. The standard InChI is InChI=1S/C8H8BrNOS/c1-4-10-6-3-2-5(9)7(11)8(6)12-4/h5H,2-3H2,1H3. The molecule has 0 saturated carbocycles. The number of aromatic nitrogens is 1. The van der Waals surface area contributed by atoms with Crippen LogP contribution in [0, 0.1) is 6.92 Å². The highest BCUT2D eigenvalue weighted by atomic mass is 79.9. The Morgan fingerprint density at radius 2 is 2.42 bits per heavy atom. The lowest BCUT2D eigenvalue weighted by Crippen LogP contribution is -2.20. The number of carbonyl (C=O) groups is 1. The van der Waals surface area contributed by atoms with Gasteiger partial charge in [-0.2, -0.15) is 0 Å². The normalized spacial score (nSPS) is 22.5. The highest BCUT2D eigenvalue weighted by Gasteiger charge is 2.27. The molecule has 1 aliphatic rings. The molecule has 64 valence electrons. The fourth-order valence-corrected chi connectivity index (χ4v) is 2.94. The third-order valence-electron chi connectivity index (χ3n) is 1.95. The fraction of sp³-hybridized carbons (Fsp3) is 0.500. The van der Waals surface area contributed by atoms with Crippen LogP contribution < -0.4 is 0 Å². The van der Waals surface area contributed by atoms with Crippen molar-refractivity contribution in [3.63, 3.8) is 0 Å². The number of carbonyl (C=O) groups excluding carboxylic acids is 1. The maximum absolute atomic E-state index is 11.6. The number of alkyl halides is 1. The molecule has 0 N–H and O–H groups in total.